The van der Waals surface area contributed by atoms with Gasteiger partial charge in [-0.05, 0) is 37.3 Å². The molecule has 2 amide bonds. The van der Waals surface area contributed by atoms with Crippen molar-refractivity contribution in [1.82, 2.24) is 5.32 Å². The lowest BCUT2D eigenvalue weighted by molar-refractivity contribution is -0.153. The maximum atomic E-state index is 12.0. The van der Waals surface area contributed by atoms with E-state index >= 15 is 0 Å². The van der Waals surface area contributed by atoms with Crippen LogP contribution in [0.4, 0.5) is 10.5 Å². The average Bonchev–Trinajstić information content (AvgIpc) is 2.57. The van der Waals surface area contributed by atoms with E-state index in [2.05, 4.69) is 10.6 Å². The summed E-state index contributed by atoms with van der Waals surface area (Å²) in [4.78, 5) is 23.5. The molecule has 0 saturated heterocycles. The lowest BCUT2D eigenvalue weighted by Gasteiger charge is -2.26. The first kappa shape index (κ1) is 18.9. The minimum absolute atomic E-state index is 0.246. The molecular formula is C17H16Cl2N2O4. The number of carbonyl (C=O) groups is 2. The summed E-state index contributed by atoms with van der Waals surface area (Å²) in [6, 6.07) is 12.5. The summed E-state index contributed by atoms with van der Waals surface area (Å²) in [6.45, 7) is 1.13. The molecule has 0 heterocycles. The molecule has 2 aromatic rings. The van der Waals surface area contributed by atoms with Gasteiger partial charge in [-0.1, -0.05) is 41.4 Å². The Hall–Kier alpha value is -2.44. The Morgan fingerprint density at radius 2 is 1.80 bits per heavy atom. The van der Waals surface area contributed by atoms with E-state index in [0.29, 0.717) is 21.5 Å². The van der Waals surface area contributed by atoms with Crippen LogP contribution >= 0.6 is 23.2 Å². The number of carboxylic acid groups (broad SMARTS) is 1. The third kappa shape index (κ3) is 5.27. The standard InChI is InChI=1S/C17H16Cl2N2O4/c1-17(15(22)23,25-12-5-3-2-4-6-12)10-20-16(24)21-11-7-8-13(18)14(19)9-11/h2-9H,10H2,1H3,(H,22,23)(H2,20,21,24). The predicted octanol–water partition coefficient (Wildman–Crippen LogP) is 4.04. The largest absolute Gasteiger partial charge is 0.478 e. The predicted molar refractivity (Wildman–Crippen MR) is 96.6 cm³/mol. The van der Waals surface area contributed by atoms with E-state index < -0.39 is 17.6 Å². The van der Waals surface area contributed by atoms with Crippen LogP contribution in [0.1, 0.15) is 6.92 Å². The summed E-state index contributed by atoms with van der Waals surface area (Å²) in [5.41, 5.74) is -1.20. The normalized spacial score (nSPS) is 12.8. The molecular weight excluding hydrogens is 367 g/mol. The van der Waals surface area contributed by atoms with Crippen molar-refractivity contribution in [3.8, 4) is 5.75 Å². The molecule has 132 valence electrons. The van der Waals surface area contributed by atoms with Gasteiger partial charge >= 0.3 is 12.0 Å². The molecule has 0 aliphatic rings. The topological polar surface area (TPSA) is 87.7 Å². The van der Waals surface area contributed by atoms with Gasteiger partial charge in [0.2, 0.25) is 5.60 Å². The Morgan fingerprint density at radius 3 is 2.40 bits per heavy atom. The van der Waals surface area contributed by atoms with Crippen LogP contribution in [-0.2, 0) is 4.79 Å². The first-order chi connectivity index (χ1) is 11.8. The second-order valence-electron chi connectivity index (χ2n) is 5.39. The maximum Gasteiger partial charge on any atom is 0.349 e. The number of halogens is 2. The number of carboxylic acids is 1. The molecule has 25 heavy (non-hydrogen) atoms. The first-order valence-corrected chi connectivity index (χ1v) is 8.03. The van der Waals surface area contributed by atoms with Crippen molar-refractivity contribution < 1.29 is 19.4 Å². The molecule has 0 aliphatic heterocycles. The fourth-order valence-electron chi connectivity index (χ4n) is 1.90. The van der Waals surface area contributed by atoms with Crippen LogP contribution in [0.2, 0.25) is 10.0 Å². The van der Waals surface area contributed by atoms with E-state index in [0.717, 1.165) is 0 Å². The fraction of sp³-hybridized carbons (Fsp3) is 0.176. The minimum Gasteiger partial charge on any atom is -0.478 e. The van der Waals surface area contributed by atoms with E-state index in [1.807, 2.05) is 0 Å². The van der Waals surface area contributed by atoms with Crippen molar-refractivity contribution in [1.29, 1.82) is 0 Å². The zero-order valence-corrected chi connectivity index (χ0v) is 14.8. The molecule has 2 aromatic carbocycles. The van der Waals surface area contributed by atoms with Gasteiger partial charge in [0.05, 0.1) is 16.6 Å². The second kappa shape index (κ2) is 8.09. The molecule has 2 rings (SSSR count). The molecule has 0 aliphatic carbocycles. The molecule has 0 aromatic heterocycles. The van der Waals surface area contributed by atoms with Gasteiger partial charge in [-0.3, -0.25) is 0 Å². The second-order valence-corrected chi connectivity index (χ2v) is 6.20. The number of benzene rings is 2. The molecule has 1 unspecified atom stereocenters. The zero-order chi connectivity index (χ0) is 18.4. The number of rotatable bonds is 6. The van der Waals surface area contributed by atoms with E-state index in [4.69, 9.17) is 27.9 Å². The van der Waals surface area contributed by atoms with Crippen LogP contribution in [-0.4, -0.2) is 29.3 Å². The number of hydrogen-bond acceptors (Lipinski definition) is 3. The first-order valence-electron chi connectivity index (χ1n) is 7.27. The van der Waals surface area contributed by atoms with Gasteiger partial charge in [-0.2, -0.15) is 0 Å². The Bertz CT molecular complexity index is 770. The van der Waals surface area contributed by atoms with Crippen molar-refractivity contribution >= 4 is 40.9 Å². The molecule has 0 bridgehead atoms. The van der Waals surface area contributed by atoms with Gasteiger partial charge < -0.3 is 20.5 Å². The summed E-state index contributed by atoms with van der Waals surface area (Å²) in [6.07, 6.45) is 0. The molecule has 8 heteroatoms. The highest BCUT2D eigenvalue weighted by atomic mass is 35.5. The highest BCUT2D eigenvalue weighted by molar-refractivity contribution is 6.42. The Kier molecular flexibility index (Phi) is 6.12. The molecule has 0 saturated carbocycles. The van der Waals surface area contributed by atoms with Crippen molar-refractivity contribution in [2.45, 2.75) is 12.5 Å². The number of ether oxygens (including phenoxy) is 1. The third-order valence-electron chi connectivity index (χ3n) is 3.30. The van der Waals surface area contributed by atoms with Crippen LogP contribution in [0.5, 0.6) is 5.75 Å². The van der Waals surface area contributed by atoms with Gasteiger partial charge in [0.15, 0.2) is 0 Å². The minimum atomic E-state index is -1.63. The quantitative estimate of drug-likeness (QED) is 0.703. The number of amides is 2. The summed E-state index contributed by atoms with van der Waals surface area (Å²) in [7, 11) is 0. The van der Waals surface area contributed by atoms with Crippen molar-refractivity contribution in [3.63, 3.8) is 0 Å². The van der Waals surface area contributed by atoms with Gasteiger partial charge in [0.25, 0.3) is 0 Å². The number of urea groups is 1. The van der Waals surface area contributed by atoms with Gasteiger partial charge in [-0.15, -0.1) is 0 Å². The van der Waals surface area contributed by atoms with Crippen molar-refractivity contribution in [2.75, 3.05) is 11.9 Å². The number of hydrogen-bond donors (Lipinski definition) is 3. The Morgan fingerprint density at radius 1 is 1.12 bits per heavy atom. The number of para-hydroxylation sites is 1. The SMILES string of the molecule is CC(CNC(=O)Nc1ccc(Cl)c(Cl)c1)(Oc1ccccc1)C(=O)O. The number of aliphatic carboxylic acids is 1. The summed E-state index contributed by atoms with van der Waals surface area (Å²) < 4.78 is 5.52. The van der Waals surface area contributed by atoms with Gasteiger partial charge in [0.1, 0.15) is 5.75 Å². The van der Waals surface area contributed by atoms with Crippen LogP contribution in [0.15, 0.2) is 48.5 Å². The molecule has 0 spiro atoms. The smallest absolute Gasteiger partial charge is 0.349 e. The molecule has 1 atom stereocenters. The Balaban J connectivity index is 1.99. The summed E-state index contributed by atoms with van der Waals surface area (Å²) in [5.74, 6) is -0.815. The lowest BCUT2D eigenvalue weighted by atomic mass is 10.1. The maximum absolute atomic E-state index is 12.0. The highest BCUT2D eigenvalue weighted by Gasteiger charge is 2.36. The number of anilines is 1. The zero-order valence-electron chi connectivity index (χ0n) is 13.3. The van der Waals surface area contributed by atoms with Crippen LogP contribution in [0, 0.1) is 0 Å². The van der Waals surface area contributed by atoms with E-state index in [-0.39, 0.29) is 6.54 Å². The summed E-state index contributed by atoms with van der Waals surface area (Å²) in [5, 5.41) is 15.1. The van der Waals surface area contributed by atoms with Crippen LogP contribution in [0.3, 0.4) is 0 Å². The molecule has 6 nitrogen and oxygen atoms in total. The number of carbonyl (C=O) groups excluding carboxylic acids is 1. The molecule has 3 N–H and O–H groups in total. The molecule has 0 fully saturated rings. The van der Waals surface area contributed by atoms with E-state index in [9.17, 15) is 14.7 Å². The monoisotopic (exact) mass is 382 g/mol. The van der Waals surface area contributed by atoms with E-state index in [1.165, 1.54) is 13.0 Å². The number of nitrogens with one attached hydrogen (secondary N) is 2. The van der Waals surface area contributed by atoms with Crippen LogP contribution < -0.4 is 15.4 Å². The van der Waals surface area contributed by atoms with Crippen LogP contribution in [0.25, 0.3) is 0 Å². The summed E-state index contributed by atoms with van der Waals surface area (Å²) >= 11 is 11.7. The highest BCUT2D eigenvalue weighted by Crippen LogP contribution is 2.25. The van der Waals surface area contributed by atoms with Gasteiger partial charge in [-0.25, -0.2) is 9.59 Å². The fourth-order valence-corrected chi connectivity index (χ4v) is 2.20. The Labute approximate surface area is 154 Å². The van der Waals surface area contributed by atoms with Crippen molar-refractivity contribution in [2.24, 2.45) is 0 Å². The average molecular weight is 383 g/mol. The molecule has 0 radical (unpaired) electrons. The van der Waals surface area contributed by atoms with Crippen molar-refractivity contribution in [3.05, 3.63) is 58.6 Å². The van der Waals surface area contributed by atoms with E-state index in [1.54, 1.807) is 42.5 Å². The van der Waals surface area contributed by atoms with Gasteiger partial charge in [0, 0.05) is 5.69 Å². The third-order valence-corrected chi connectivity index (χ3v) is 4.04. The lowest BCUT2D eigenvalue weighted by Crippen LogP contribution is -2.51.